The van der Waals surface area contributed by atoms with E-state index in [9.17, 15) is 0 Å². The minimum atomic E-state index is 0. The maximum atomic E-state index is 4.69. The molecular weight excluding hydrogens is 363 g/mol. The minimum absolute atomic E-state index is 0. The molecule has 111 valence electrons. The summed E-state index contributed by atoms with van der Waals surface area (Å²) >= 11 is 18.8. The second-order valence-corrected chi connectivity index (χ2v) is 6.34. The topological polar surface area (TPSA) is 30.5 Å². The van der Waals surface area contributed by atoms with Crippen LogP contribution in [0.25, 0.3) is 0 Å². The number of thiocarbonyl (C=S) groups is 2. The van der Waals surface area contributed by atoms with Crippen LogP contribution >= 0.6 is 24.4 Å². The summed E-state index contributed by atoms with van der Waals surface area (Å²) in [4.78, 5) is 0. The van der Waals surface area contributed by atoms with Gasteiger partial charge in [0.1, 0.15) is 0 Å². The largest absolute Gasteiger partial charge is 2.00 e. The molecule has 2 aliphatic rings. The van der Waals surface area contributed by atoms with Gasteiger partial charge in [0.05, 0.1) is 0 Å². The van der Waals surface area contributed by atoms with E-state index >= 15 is 0 Å². The van der Waals surface area contributed by atoms with E-state index in [1.54, 1.807) is 0 Å². The first-order valence-corrected chi connectivity index (χ1v) is 7.66. The second-order valence-electron chi connectivity index (χ2n) is 4.19. The molecule has 4 nitrogen and oxygen atoms in total. The number of nitrogens with zero attached hydrogens (tertiary/aromatic N) is 2. The third kappa shape index (κ3) is 10.1. The summed E-state index contributed by atoms with van der Waals surface area (Å²) in [6.45, 7) is 4.32. The molecule has 0 bridgehead atoms. The summed E-state index contributed by atoms with van der Waals surface area (Å²) in [5.41, 5.74) is 5.84. The van der Waals surface area contributed by atoms with Crippen molar-refractivity contribution in [3.63, 3.8) is 0 Å². The molecule has 9 heteroatoms. The van der Waals surface area contributed by atoms with Crippen molar-refractivity contribution in [2.75, 3.05) is 26.2 Å². The van der Waals surface area contributed by atoms with Gasteiger partial charge in [0, 0.05) is 26.2 Å². The van der Waals surface area contributed by atoms with E-state index in [-0.39, 0.29) is 16.8 Å². The van der Waals surface area contributed by atoms with Crippen LogP contribution in [0.4, 0.5) is 0 Å². The van der Waals surface area contributed by atoms with Gasteiger partial charge in [-0.3, -0.25) is 0 Å². The third-order valence-corrected chi connectivity index (χ3v) is 3.08. The van der Waals surface area contributed by atoms with Crippen molar-refractivity contribution < 1.29 is 16.8 Å². The average molecular weight is 381 g/mol. The summed E-state index contributed by atoms with van der Waals surface area (Å²) in [5.74, 6) is 0. The van der Waals surface area contributed by atoms with Crippen LogP contribution in [0.1, 0.15) is 25.7 Å². The predicted molar refractivity (Wildman–Crippen MR) is 87.8 cm³/mol. The summed E-state index contributed by atoms with van der Waals surface area (Å²) in [5, 5.41) is 4.13. The minimum Gasteiger partial charge on any atom is -0.410 e. The van der Waals surface area contributed by atoms with E-state index in [4.69, 9.17) is 49.7 Å². The maximum Gasteiger partial charge on any atom is 2.00 e. The predicted octanol–water partition coefficient (Wildman–Crippen LogP) is 0.835. The van der Waals surface area contributed by atoms with Crippen molar-refractivity contribution in [1.82, 2.24) is 20.9 Å². The van der Waals surface area contributed by atoms with Gasteiger partial charge in [-0.1, -0.05) is 0 Å². The van der Waals surface area contributed by atoms with Crippen LogP contribution in [0.2, 0.25) is 0 Å². The maximum absolute atomic E-state index is 4.69. The molecule has 0 aromatic heterocycles. The SMILES string of the molecule is S=C([S-])NN1CCCC1.S=C([S-])NN1CCCC1.[Co+2]. The molecule has 0 spiro atoms. The number of hydrogen-bond donors (Lipinski definition) is 2. The fourth-order valence-electron chi connectivity index (χ4n) is 1.92. The normalized spacial score (nSPS) is 18.9. The van der Waals surface area contributed by atoms with E-state index < -0.39 is 0 Å². The Morgan fingerprint density at radius 1 is 0.737 bits per heavy atom. The van der Waals surface area contributed by atoms with E-state index in [0.717, 1.165) is 26.2 Å². The molecule has 0 amide bonds. The Labute approximate surface area is 147 Å². The van der Waals surface area contributed by atoms with Crippen molar-refractivity contribution >= 4 is 58.3 Å². The Hall–Kier alpha value is 0.646. The molecule has 2 N–H and O–H groups in total. The Balaban J connectivity index is 0.000000324. The summed E-state index contributed by atoms with van der Waals surface area (Å²) in [6.07, 6.45) is 5.02. The first kappa shape index (κ1) is 19.6. The first-order chi connectivity index (χ1) is 8.58. The van der Waals surface area contributed by atoms with Crippen LogP contribution in [0, 0.1) is 0 Å². The van der Waals surface area contributed by atoms with Crippen LogP contribution in [0.3, 0.4) is 0 Å². The number of rotatable bonds is 2. The average Bonchev–Trinajstić information content (AvgIpc) is 2.90. The van der Waals surface area contributed by atoms with Crippen molar-refractivity contribution in [3.8, 4) is 0 Å². The molecule has 2 saturated heterocycles. The molecule has 0 unspecified atom stereocenters. The molecule has 2 heterocycles. The molecule has 1 radical (unpaired) electrons. The molecule has 2 fully saturated rings. The number of nitrogens with one attached hydrogen (secondary N) is 2. The molecular formula is C10H18CoN4S4. The van der Waals surface area contributed by atoms with Crippen LogP contribution in [0.5, 0.6) is 0 Å². The van der Waals surface area contributed by atoms with E-state index in [1.165, 1.54) is 25.7 Å². The fraction of sp³-hybridized carbons (Fsp3) is 0.800. The van der Waals surface area contributed by atoms with Gasteiger partial charge in [-0.15, -0.1) is 0 Å². The van der Waals surface area contributed by atoms with Crippen molar-refractivity contribution in [3.05, 3.63) is 0 Å². The molecule has 0 aromatic rings. The van der Waals surface area contributed by atoms with Gasteiger partial charge in [-0.25, -0.2) is 10.0 Å². The van der Waals surface area contributed by atoms with Gasteiger partial charge in [-0.2, -0.15) is 0 Å². The van der Waals surface area contributed by atoms with Gasteiger partial charge in [0.2, 0.25) is 0 Å². The Kier molecular flexibility index (Phi) is 11.7. The second kappa shape index (κ2) is 11.3. The van der Waals surface area contributed by atoms with E-state index in [1.807, 2.05) is 0 Å². The van der Waals surface area contributed by atoms with Crippen molar-refractivity contribution in [1.29, 1.82) is 0 Å². The van der Waals surface area contributed by atoms with E-state index in [0.29, 0.717) is 8.64 Å². The summed E-state index contributed by atoms with van der Waals surface area (Å²) < 4.78 is 0.911. The zero-order valence-electron chi connectivity index (χ0n) is 10.5. The van der Waals surface area contributed by atoms with Crippen LogP contribution < -0.4 is 10.9 Å². The molecule has 2 rings (SSSR count). The van der Waals surface area contributed by atoms with Gasteiger partial charge in [-0.05, 0) is 34.3 Å². The quantitative estimate of drug-likeness (QED) is 0.538. The first-order valence-electron chi connectivity index (χ1n) is 6.03. The van der Waals surface area contributed by atoms with Gasteiger partial charge in [0.15, 0.2) is 0 Å². The van der Waals surface area contributed by atoms with Crippen molar-refractivity contribution in [2.24, 2.45) is 0 Å². The smallest absolute Gasteiger partial charge is 0.410 e. The van der Waals surface area contributed by atoms with Crippen LogP contribution in [0.15, 0.2) is 0 Å². The van der Waals surface area contributed by atoms with Gasteiger partial charge >= 0.3 is 16.8 Å². The molecule has 0 saturated carbocycles. The van der Waals surface area contributed by atoms with Gasteiger partial charge < -0.3 is 60.5 Å². The molecule has 19 heavy (non-hydrogen) atoms. The van der Waals surface area contributed by atoms with Crippen LogP contribution in [-0.4, -0.2) is 44.8 Å². The van der Waals surface area contributed by atoms with Crippen LogP contribution in [-0.2, 0) is 42.0 Å². The Morgan fingerprint density at radius 3 is 1.21 bits per heavy atom. The molecule has 0 aliphatic carbocycles. The molecule has 2 aliphatic heterocycles. The third-order valence-electron chi connectivity index (χ3n) is 2.71. The fourth-order valence-corrected chi connectivity index (χ4v) is 2.43. The zero-order chi connectivity index (χ0) is 13.4. The monoisotopic (exact) mass is 381 g/mol. The van der Waals surface area contributed by atoms with E-state index in [2.05, 4.69) is 20.9 Å². The standard InChI is InChI=1S/2C5H10N2S2.Co/c2*8-5(9)6-7-3-1-2-4-7;/h2*1-4H2,(H2,6,8,9);/q;;+2/p-2. The van der Waals surface area contributed by atoms with Crippen molar-refractivity contribution in [2.45, 2.75) is 25.7 Å². The molecule has 0 aromatic carbocycles. The molecule has 0 atom stereocenters. The zero-order valence-corrected chi connectivity index (χ0v) is 14.8. The number of hydrazine groups is 2. The number of hydrogen-bond acceptors (Lipinski definition) is 6. The van der Waals surface area contributed by atoms with Gasteiger partial charge in [0.25, 0.3) is 0 Å². The summed E-state index contributed by atoms with van der Waals surface area (Å²) in [6, 6.07) is 0. The Bertz CT molecular complexity index is 253. The summed E-state index contributed by atoms with van der Waals surface area (Å²) in [7, 11) is 0. The Morgan fingerprint density at radius 2 is 1.00 bits per heavy atom.